The molecule has 2 aliphatic heterocycles. The average Bonchev–Trinajstić information content (AvgIpc) is 2.82. The van der Waals surface area contributed by atoms with Crippen LogP contribution in [0, 0.1) is 11.3 Å². The highest BCUT2D eigenvalue weighted by atomic mass is 31.1. The summed E-state index contributed by atoms with van der Waals surface area (Å²) in [5.74, 6) is 0.970. The topological polar surface area (TPSA) is 107 Å². The molecule has 0 amide bonds. The molecule has 12 heteroatoms. The second kappa shape index (κ2) is 10.9. The van der Waals surface area contributed by atoms with Crippen LogP contribution in [0.5, 0.6) is 0 Å². The zero-order valence-corrected chi connectivity index (χ0v) is 20.0. The molecule has 2 atom stereocenters. The molecule has 8 nitrogen and oxygen atoms in total. The Labute approximate surface area is 198 Å². The van der Waals surface area contributed by atoms with Crippen molar-refractivity contribution in [3.8, 4) is 0 Å². The van der Waals surface area contributed by atoms with Crippen LogP contribution < -0.4 is 10.6 Å². The average molecular weight is 492 g/mol. The number of halogens is 3. The molecular formula is C22H28F3N8P. The summed E-state index contributed by atoms with van der Waals surface area (Å²) in [5, 5.41) is 7.71. The van der Waals surface area contributed by atoms with E-state index in [2.05, 4.69) is 44.9 Å². The molecular weight excluding hydrogens is 464 g/mol. The number of aromatic nitrogens is 2. The third-order valence-corrected chi connectivity index (χ3v) is 7.62. The molecule has 0 radical (unpaired) electrons. The molecule has 1 aromatic rings. The molecule has 0 bridgehead atoms. The summed E-state index contributed by atoms with van der Waals surface area (Å²) in [6.45, 7) is 9.42. The summed E-state index contributed by atoms with van der Waals surface area (Å²) >= 11 is 0. The van der Waals surface area contributed by atoms with Crippen LogP contribution >= 0.6 is 7.92 Å². The number of nitrogens with one attached hydrogen (secondary N) is 1. The van der Waals surface area contributed by atoms with Gasteiger partial charge in [-0.25, -0.2) is 9.97 Å². The van der Waals surface area contributed by atoms with Crippen molar-refractivity contribution in [3.63, 3.8) is 0 Å². The van der Waals surface area contributed by atoms with Crippen LogP contribution in [0.4, 0.5) is 19.0 Å². The predicted molar refractivity (Wildman–Crippen MR) is 133 cm³/mol. The van der Waals surface area contributed by atoms with E-state index in [9.17, 15) is 13.2 Å². The van der Waals surface area contributed by atoms with Crippen molar-refractivity contribution in [1.82, 2.24) is 14.9 Å². The number of nitrogens with zero attached hydrogens (tertiary/aromatic N) is 6. The van der Waals surface area contributed by atoms with E-state index in [1.807, 2.05) is 0 Å². The van der Waals surface area contributed by atoms with Crippen LogP contribution in [0.1, 0.15) is 12.2 Å². The molecule has 0 aromatic carbocycles. The van der Waals surface area contributed by atoms with Gasteiger partial charge in [-0.3, -0.25) is 9.98 Å². The summed E-state index contributed by atoms with van der Waals surface area (Å²) in [5.41, 5.74) is 6.22. The van der Waals surface area contributed by atoms with Crippen molar-refractivity contribution in [2.45, 2.75) is 18.3 Å². The zero-order chi connectivity index (χ0) is 24.9. The van der Waals surface area contributed by atoms with Crippen molar-refractivity contribution in [3.05, 3.63) is 48.0 Å². The molecule has 0 saturated carbocycles. The molecule has 1 fully saturated rings. The number of hydrogen-bond acceptors (Lipinski definition) is 8. The van der Waals surface area contributed by atoms with Gasteiger partial charge in [0.1, 0.15) is 11.5 Å². The molecule has 1 saturated heterocycles. The third kappa shape index (κ3) is 5.88. The van der Waals surface area contributed by atoms with Gasteiger partial charge in [-0.2, -0.15) is 13.2 Å². The Bertz CT molecular complexity index is 1030. The minimum absolute atomic E-state index is 0.0880. The van der Waals surface area contributed by atoms with Crippen LogP contribution in [0.15, 0.2) is 52.1 Å². The van der Waals surface area contributed by atoms with Gasteiger partial charge in [-0.15, -0.1) is 7.92 Å². The second-order valence-electron chi connectivity index (χ2n) is 8.18. The van der Waals surface area contributed by atoms with Gasteiger partial charge in [0.15, 0.2) is 11.5 Å². The maximum absolute atomic E-state index is 13.2. The maximum Gasteiger partial charge on any atom is 0.434 e. The first-order chi connectivity index (χ1) is 16.2. The van der Waals surface area contributed by atoms with E-state index < -0.39 is 11.9 Å². The Hall–Kier alpha value is -3.07. The van der Waals surface area contributed by atoms with Crippen molar-refractivity contribution >= 4 is 38.6 Å². The van der Waals surface area contributed by atoms with Crippen molar-refractivity contribution in [2.24, 2.45) is 21.6 Å². The minimum atomic E-state index is -4.58. The summed E-state index contributed by atoms with van der Waals surface area (Å²) < 4.78 is 39.6. The van der Waals surface area contributed by atoms with E-state index >= 15 is 0 Å². The predicted octanol–water partition coefficient (Wildman–Crippen LogP) is 3.69. The molecule has 3 N–H and O–H groups in total. The highest BCUT2D eigenvalue weighted by Crippen LogP contribution is 2.41. The molecule has 1 aromatic heterocycles. The molecule has 182 valence electrons. The van der Waals surface area contributed by atoms with Crippen LogP contribution in [-0.2, 0) is 0 Å². The number of hydrogen-bond donors (Lipinski definition) is 2. The lowest BCUT2D eigenvalue weighted by Gasteiger charge is -2.40. The molecule has 0 aliphatic carbocycles. The molecule has 3 heterocycles. The third-order valence-electron chi connectivity index (χ3n) is 5.78. The number of allylic oxidation sites excluding steroid dienone is 1. The van der Waals surface area contributed by atoms with Crippen LogP contribution in [0.2, 0.25) is 0 Å². The molecule has 2 aliphatic rings. The fourth-order valence-corrected chi connectivity index (χ4v) is 5.15. The Kier molecular flexibility index (Phi) is 8.19. The van der Waals surface area contributed by atoms with Gasteiger partial charge in [-0.05, 0) is 50.0 Å². The quantitative estimate of drug-likeness (QED) is 0.446. The number of rotatable bonds is 7. The van der Waals surface area contributed by atoms with E-state index in [1.54, 1.807) is 12.3 Å². The maximum atomic E-state index is 13.2. The van der Waals surface area contributed by atoms with Gasteiger partial charge >= 0.3 is 6.18 Å². The fourth-order valence-electron chi connectivity index (χ4n) is 3.95. The van der Waals surface area contributed by atoms with Gasteiger partial charge in [0.05, 0.1) is 12.7 Å². The Morgan fingerprint density at radius 1 is 1.35 bits per heavy atom. The first kappa shape index (κ1) is 25.6. The van der Waals surface area contributed by atoms with Crippen LogP contribution in [0.3, 0.4) is 0 Å². The van der Waals surface area contributed by atoms with E-state index in [4.69, 9.17) is 11.1 Å². The molecule has 3 rings (SSSR count). The lowest BCUT2D eigenvalue weighted by Crippen LogP contribution is -2.44. The van der Waals surface area contributed by atoms with E-state index in [-0.39, 0.29) is 31.9 Å². The van der Waals surface area contributed by atoms with Crippen molar-refractivity contribution in [1.29, 1.82) is 5.41 Å². The number of piperidine rings is 1. The lowest BCUT2D eigenvalue weighted by molar-refractivity contribution is -0.0934. The Balaban J connectivity index is 1.95. The smallest absolute Gasteiger partial charge is 0.404 e. The van der Waals surface area contributed by atoms with Crippen molar-refractivity contribution < 1.29 is 13.2 Å². The lowest BCUT2D eigenvalue weighted by atomic mass is 9.91. The normalized spacial score (nSPS) is 22.1. The number of aliphatic imine (C=N–C) groups is 2. The van der Waals surface area contributed by atoms with Crippen LogP contribution in [0.25, 0.3) is 5.70 Å². The zero-order valence-electron chi connectivity index (χ0n) is 19.1. The van der Waals surface area contributed by atoms with Crippen molar-refractivity contribution in [2.75, 3.05) is 37.9 Å². The summed E-state index contributed by atoms with van der Waals surface area (Å²) in [4.78, 5) is 19.7. The Morgan fingerprint density at radius 2 is 2.12 bits per heavy atom. The van der Waals surface area contributed by atoms with Gasteiger partial charge in [0, 0.05) is 43.8 Å². The van der Waals surface area contributed by atoms with Crippen LogP contribution in [-0.4, -0.2) is 78.8 Å². The van der Waals surface area contributed by atoms with E-state index in [0.717, 1.165) is 24.7 Å². The molecule has 34 heavy (non-hydrogen) atoms. The number of anilines is 1. The summed E-state index contributed by atoms with van der Waals surface area (Å²) in [7, 11) is -0.249. The minimum Gasteiger partial charge on any atom is -0.404 e. The fraction of sp³-hybridized carbons (Fsp3) is 0.409. The largest absolute Gasteiger partial charge is 0.434 e. The highest BCUT2D eigenvalue weighted by Gasteiger charge is 2.36. The highest BCUT2D eigenvalue weighted by molar-refractivity contribution is 7.56. The Morgan fingerprint density at radius 3 is 2.74 bits per heavy atom. The van der Waals surface area contributed by atoms with Gasteiger partial charge in [-0.1, -0.05) is 0 Å². The molecule has 2 unspecified atom stereocenters. The summed E-state index contributed by atoms with van der Waals surface area (Å²) in [6, 6.07) is 1.78. The van der Waals surface area contributed by atoms with E-state index in [1.165, 1.54) is 29.7 Å². The van der Waals surface area contributed by atoms with Gasteiger partial charge in [0.2, 0.25) is 0 Å². The monoisotopic (exact) mass is 492 g/mol. The van der Waals surface area contributed by atoms with Gasteiger partial charge < -0.3 is 20.9 Å². The number of nitrogens with two attached hydrogens (primary N) is 1. The van der Waals surface area contributed by atoms with E-state index in [0.29, 0.717) is 18.0 Å². The first-order valence-corrected chi connectivity index (χ1v) is 12.9. The SMILES string of the molecule is C=N/C=C(/c1nccc(N2CC(/C(C=N)=C/N)CC(P(C)C)C2)n1)N1C=C(C(F)(F)F)N=CC1. The second-order valence-corrected chi connectivity index (χ2v) is 10.8. The standard InChI is InChI=1S/C22H28F3N8P/c1-28-11-18(32-7-6-29-19(14-32)22(23,24)25)21-30-5-4-20(31-21)33-12-15(16(9-26)10-27)8-17(13-33)34(2)3/h4-6,9-11,14-15,17,26H,1,7-8,12-13,27H2,2-3H3/b16-10+,18-11-,26-9?. The summed E-state index contributed by atoms with van der Waals surface area (Å²) in [6.07, 6.45) is 4.16. The number of alkyl halides is 3. The van der Waals surface area contributed by atoms with Gasteiger partial charge in [0.25, 0.3) is 0 Å². The molecule has 0 spiro atoms. The first-order valence-electron chi connectivity index (χ1n) is 10.6.